The van der Waals surface area contributed by atoms with Crippen molar-refractivity contribution < 1.29 is 4.74 Å². The quantitative estimate of drug-likeness (QED) is 0.657. The van der Waals surface area contributed by atoms with Gasteiger partial charge in [-0.15, -0.1) is 11.6 Å². The van der Waals surface area contributed by atoms with Gasteiger partial charge in [0.15, 0.2) is 0 Å². The highest BCUT2D eigenvalue weighted by Crippen LogP contribution is 2.19. The van der Waals surface area contributed by atoms with Crippen molar-refractivity contribution in [3.8, 4) is 5.75 Å². The van der Waals surface area contributed by atoms with Gasteiger partial charge in [0, 0.05) is 5.88 Å². The van der Waals surface area contributed by atoms with Crippen LogP contribution in [0.1, 0.15) is 18.4 Å². The summed E-state index contributed by atoms with van der Waals surface area (Å²) in [6.45, 7) is 2.11. The lowest BCUT2D eigenvalue weighted by molar-refractivity contribution is 0.414. The third kappa shape index (κ3) is 2.15. The number of hydrogen-bond donors (Lipinski definition) is 0. The molecule has 0 aliphatic carbocycles. The van der Waals surface area contributed by atoms with Gasteiger partial charge in [-0.3, -0.25) is 0 Å². The average Bonchev–Trinajstić information content (AvgIpc) is 2.17. The minimum atomic E-state index is 0.414. The fraction of sp³-hybridized carbons (Fsp3) is 0.400. The Kier molecular flexibility index (Phi) is 3.42. The maximum Gasteiger partial charge on any atom is 0.118 e. The predicted molar refractivity (Wildman–Crippen MR) is 52.1 cm³/mol. The first kappa shape index (κ1) is 9.40. The smallest absolute Gasteiger partial charge is 0.118 e. The molecule has 0 bridgehead atoms. The van der Waals surface area contributed by atoms with Crippen LogP contribution in [0.25, 0.3) is 0 Å². The molecule has 0 saturated heterocycles. The predicted octanol–water partition coefficient (Wildman–Crippen LogP) is 3.04. The third-order valence-electron chi connectivity index (χ3n) is 1.92. The first-order chi connectivity index (χ1) is 5.77. The molecular formula is C10H13ClO. The Balaban J connectivity index is 2.77. The fourth-order valence-corrected chi connectivity index (χ4v) is 1.20. The Hall–Kier alpha value is -0.690. The summed E-state index contributed by atoms with van der Waals surface area (Å²) in [4.78, 5) is 0. The van der Waals surface area contributed by atoms with Crippen LogP contribution in [-0.2, 0) is 0 Å². The van der Waals surface area contributed by atoms with E-state index in [4.69, 9.17) is 16.3 Å². The molecule has 0 aliphatic heterocycles. The molecule has 0 N–H and O–H groups in total. The number of alkyl halides is 1. The van der Waals surface area contributed by atoms with Gasteiger partial charge in [-0.25, -0.2) is 0 Å². The summed E-state index contributed by atoms with van der Waals surface area (Å²) >= 11 is 5.73. The van der Waals surface area contributed by atoms with Gasteiger partial charge in [0.1, 0.15) is 5.75 Å². The van der Waals surface area contributed by atoms with E-state index < -0.39 is 0 Å². The second-order valence-corrected chi connectivity index (χ2v) is 3.14. The molecule has 1 nitrogen and oxygen atoms in total. The topological polar surface area (TPSA) is 9.23 Å². The van der Waals surface area contributed by atoms with Gasteiger partial charge in [-0.05, 0) is 23.6 Å². The number of ether oxygens (including phenoxy) is 1. The zero-order valence-electron chi connectivity index (χ0n) is 7.38. The standard InChI is InChI=1S/C10H13ClO/c1-8(7-11)9-3-5-10(12-2)6-4-9/h3-6,8H,7H2,1-2H3. The van der Waals surface area contributed by atoms with Gasteiger partial charge in [0.25, 0.3) is 0 Å². The van der Waals surface area contributed by atoms with E-state index in [1.54, 1.807) is 7.11 Å². The molecular weight excluding hydrogens is 172 g/mol. The number of hydrogen-bond acceptors (Lipinski definition) is 1. The Morgan fingerprint density at radius 1 is 1.33 bits per heavy atom. The Labute approximate surface area is 78.3 Å². The molecule has 66 valence electrons. The van der Waals surface area contributed by atoms with Crippen molar-refractivity contribution in [3.63, 3.8) is 0 Å². The van der Waals surface area contributed by atoms with Gasteiger partial charge < -0.3 is 4.74 Å². The molecule has 1 unspecified atom stereocenters. The number of methoxy groups -OCH3 is 1. The van der Waals surface area contributed by atoms with Crippen LogP contribution in [0.4, 0.5) is 0 Å². The second kappa shape index (κ2) is 4.36. The second-order valence-electron chi connectivity index (χ2n) is 2.83. The molecule has 12 heavy (non-hydrogen) atoms. The van der Waals surface area contributed by atoms with Crippen LogP contribution in [0.5, 0.6) is 5.75 Å². The molecule has 0 aliphatic rings. The van der Waals surface area contributed by atoms with Crippen LogP contribution in [-0.4, -0.2) is 13.0 Å². The molecule has 1 aromatic carbocycles. The van der Waals surface area contributed by atoms with Gasteiger partial charge in [0.05, 0.1) is 7.11 Å². The molecule has 0 saturated carbocycles. The van der Waals surface area contributed by atoms with Crippen LogP contribution < -0.4 is 4.74 Å². The largest absolute Gasteiger partial charge is 0.497 e. The Bertz CT molecular complexity index is 230. The molecule has 0 heterocycles. The van der Waals surface area contributed by atoms with Gasteiger partial charge in [-0.1, -0.05) is 19.1 Å². The van der Waals surface area contributed by atoms with E-state index in [1.165, 1.54) is 5.56 Å². The van der Waals surface area contributed by atoms with Crippen molar-refractivity contribution in [1.29, 1.82) is 0 Å². The minimum Gasteiger partial charge on any atom is -0.497 e. The molecule has 1 rings (SSSR count). The van der Waals surface area contributed by atoms with Crippen LogP contribution in [0.15, 0.2) is 24.3 Å². The van der Waals surface area contributed by atoms with Gasteiger partial charge >= 0.3 is 0 Å². The number of halogens is 1. The molecule has 0 aromatic heterocycles. The minimum absolute atomic E-state index is 0.414. The van der Waals surface area contributed by atoms with Crippen molar-refractivity contribution in [1.82, 2.24) is 0 Å². The molecule has 0 radical (unpaired) electrons. The van der Waals surface area contributed by atoms with E-state index in [-0.39, 0.29) is 0 Å². The highest BCUT2D eigenvalue weighted by molar-refractivity contribution is 6.18. The van der Waals surface area contributed by atoms with Gasteiger partial charge in [-0.2, -0.15) is 0 Å². The van der Waals surface area contributed by atoms with Crippen LogP contribution in [0.2, 0.25) is 0 Å². The SMILES string of the molecule is COc1ccc(C(C)CCl)cc1. The number of benzene rings is 1. The highest BCUT2D eigenvalue weighted by atomic mass is 35.5. The third-order valence-corrected chi connectivity index (χ3v) is 2.38. The number of rotatable bonds is 3. The first-order valence-electron chi connectivity index (χ1n) is 3.98. The summed E-state index contributed by atoms with van der Waals surface area (Å²) < 4.78 is 5.05. The lowest BCUT2D eigenvalue weighted by atomic mass is 10.0. The molecule has 0 spiro atoms. The van der Waals surface area contributed by atoms with Crippen molar-refractivity contribution >= 4 is 11.6 Å². The lowest BCUT2D eigenvalue weighted by Crippen LogP contribution is -1.94. The van der Waals surface area contributed by atoms with Crippen LogP contribution in [0.3, 0.4) is 0 Å². The van der Waals surface area contributed by atoms with E-state index in [0.717, 1.165) is 5.75 Å². The summed E-state index contributed by atoms with van der Waals surface area (Å²) in [6, 6.07) is 8.01. The fourth-order valence-electron chi connectivity index (χ4n) is 1.02. The summed E-state index contributed by atoms with van der Waals surface area (Å²) in [5.74, 6) is 1.96. The lowest BCUT2D eigenvalue weighted by Gasteiger charge is -2.07. The zero-order chi connectivity index (χ0) is 8.97. The normalized spacial score (nSPS) is 12.6. The molecule has 1 aromatic rings. The zero-order valence-corrected chi connectivity index (χ0v) is 8.14. The van der Waals surface area contributed by atoms with Crippen LogP contribution >= 0.6 is 11.6 Å². The van der Waals surface area contributed by atoms with E-state index in [9.17, 15) is 0 Å². The summed E-state index contributed by atoms with van der Waals surface area (Å²) in [5, 5.41) is 0. The Morgan fingerprint density at radius 2 is 1.92 bits per heavy atom. The molecule has 0 fully saturated rings. The van der Waals surface area contributed by atoms with Crippen molar-refractivity contribution in [2.24, 2.45) is 0 Å². The van der Waals surface area contributed by atoms with Crippen LogP contribution in [0, 0.1) is 0 Å². The van der Waals surface area contributed by atoms with Crippen molar-refractivity contribution in [2.75, 3.05) is 13.0 Å². The maximum absolute atomic E-state index is 5.73. The van der Waals surface area contributed by atoms with E-state index >= 15 is 0 Å². The average molecular weight is 185 g/mol. The summed E-state index contributed by atoms with van der Waals surface area (Å²) in [6.07, 6.45) is 0. The van der Waals surface area contributed by atoms with E-state index in [0.29, 0.717) is 11.8 Å². The summed E-state index contributed by atoms with van der Waals surface area (Å²) in [7, 11) is 1.67. The van der Waals surface area contributed by atoms with Crippen molar-refractivity contribution in [2.45, 2.75) is 12.8 Å². The molecule has 0 amide bonds. The molecule has 2 heteroatoms. The van der Waals surface area contributed by atoms with Gasteiger partial charge in [0.2, 0.25) is 0 Å². The van der Waals surface area contributed by atoms with Crippen molar-refractivity contribution in [3.05, 3.63) is 29.8 Å². The monoisotopic (exact) mass is 184 g/mol. The first-order valence-corrected chi connectivity index (χ1v) is 4.51. The highest BCUT2D eigenvalue weighted by Gasteiger charge is 2.02. The Morgan fingerprint density at radius 3 is 2.33 bits per heavy atom. The maximum atomic E-state index is 5.73. The summed E-state index contributed by atoms with van der Waals surface area (Å²) in [5.41, 5.74) is 1.26. The van der Waals surface area contributed by atoms with E-state index in [2.05, 4.69) is 6.92 Å². The molecule has 1 atom stereocenters. The van der Waals surface area contributed by atoms with E-state index in [1.807, 2.05) is 24.3 Å².